The molecule has 3 aromatic rings. The summed E-state index contributed by atoms with van der Waals surface area (Å²) in [4.78, 5) is 29.7. The predicted octanol–water partition coefficient (Wildman–Crippen LogP) is 5.19. The van der Waals surface area contributed by atoms with Gasteiger partial charge in [0.05, 0.1) is 6.54 Å². The fourth-order valence-corrected chi connectivity index (χ4v) is 6.27. The number of nitrogens with zero attached hydrogens (tertiary/aromatic N) is 2. The van der Waals surface area contributed by atoms with E-state index in [9.17, 15) is 9.59 Å². The second-order valence-corrected chi connectivity index (χ2v) is 11.2. The number of piperidine rings is 2. The highest BCUT2D eigenvalue weighted by atomic mass is 16.5. The quantitative estimate of drug-likeness (QED) is 0.463. The SMILES string of the molecule is Cc1cccc(C2CCN(Cc3ccc(COc4cccc5c4CN(C4CCCNC4=O)C5=O)cc3)CC2)c1. The zero-order valence-electron chi connectivity index (χ0n) is 22.7. The maximum absolute atomic E-state index is 13.1. The Morgan fingerprint density at radius 2 is 1.69 bits per heavy atom. The summed E-state index contributed by atoms with van der Waals surface area (Å²) in [6, 6.07) is 22.9. The molecule has 2 fully saturated rings. The Bertz CT molecular complexity index is 1340. The van der Waals surface area contributed by atoms with Gasteiger partial charge in [-0.1, -0.05) is 60.2 Å². The Hall–Kier alpha value is -3.64. The van der Waals surface area contributed by atoms with E-state index in [0.29, 0.717) is 37.6 Å². The molecule has 3 aliphatic heterocycles. The fraction of sp³-hybridized carbons (Fsp3) is 0.394. The lowest BCUT2D eigenvalue weighted by atomic mass is 9.88. The molecule has 202 valence electrons. The first-order chi connectivity index (χ1) is 19.0. The summed E-state index contributed by atoms with van der Waals surface area (Å²) in [5, 5.41) is 2.89. The van der Waals surface area contributed by atoms with Gasteiger partial charge in [0, 0.05) is 24.2 Å². The summed E-state index contributed by atoms with van der Waals surface area (Å²) in [6.07, 6.45) is 4.02. The third-order valence-corrected chi connectivity index (χ3v) is 8.51. The van der Waals surface area contributed by atoms with Crippen LogP contribution in [0.5, 0.6) is 5.75 Å². The second kappa shape index (κ2) is 11.2. The monoisotopic (exact) mass is 523 g/mol. The second-order valence-electron chi connectivity index (χ2n) is 11.2. The van der Waals surface area contributed by atoms with Crippen LogP contribution >= 0.6 is 0 Å². The molecule has 3 aliphatic rings. The van der Waals surface area contributed by atoms with Crippen molar-refractivity contribution in [2.75, 3.05) is 19.6 Å². The highest BCUT2D eigenvalue weighted by Gasteiger charge is 2.38. The van der Waals surface area contributed by atoms with E-state index >= 15 is 0 Å². The molecule has 39 heavy (non-hydrogen) atoms. The first kappa shape index (κ1) is 25.6. The molecule has 3 heterocycles. The maximum atomic E-state index is 13.1. The summed E-state index contributed by atoms with van der Waals surface area (Å²) >= 11 is 0. The minimum absolute atomic E-state index is 0.0550. The van der Waals surface area contributed by atoms with Crippen LogP contribution in [0.4, 0.5) is 0 Å². The van der Waals surface area contributed by atoms with Gasteiger partial charge in [-0.3, -0.25) is 14.5 Å². The topological polar surface area (TPSA) is 61.9 Å². The minimum atomic E-state index is -0.396. The van der Waals surface area contributed by atoms with E-state index < -0.39 is 6.04 Å². The minimum Gasteiger partial charge on any atom is -0.489 e. The van der Waals surface area contributed by atoms with Crippen LogP contribution in [0, 0.1) is 6.92 Å². The number of aryl methyl sites for hydroxylation is 1. The molecule has 1 N–H and O–H groups in total. The molecule has 0 spiro atoms. The van der Waals surface area contributed by atoms with Gasteiger partial charge in [-0.15, -0.1) is 0 Å². The van der Waals surface area contributed by atoms with Crippen molar-refractivity contribution in [1.29, 1.82) is 0 Å². The van der Waals surface area contributed by atoms with Gasteiger partial charge in [0.25, 0.3) is 5.91 Å². The predicted molar refractivity (Wildman–Crippen MR) is 152 cm³/mol. The zero-order chi connectivity index (χ0) is 26.8. The fourth-order valence-electron chi connectivity index (χ4n) is 6.27. The van der Waals surface area contributed by atoms with Crippen molar-refractivity contribution in [3.8, 4) is 5.75 Å². The van der Waals surface area contributed by atoms with Crippen molar-refractivity contribution in [3.63, 3.8) is 0 Å². The van der Waals surface area contributed by atoms with Gasteiger partial charge in [0.1, 0.15) is 18.4 Å². The lowest BCUT2D eigenvalue weighted by Gasteiger charge is -2.32. The van der Waals surface area contributed by atoms with Gasteiger partial charge in [0.2, 0.25) is 5.91 Å². The number of likely N-dealkylation sites (tertiary alicyclic amines) is 1. The molecule has 2 amide bonds. The number of fused-ring (bicyclic) bond motifs is 1. The molecule has 6 rings (SSSR count). The highest BCUT2D eigenvalue weighted by molar-refractivity contribution is 6.01. The Morgan fingerprint density at radius 3 is 2.46 bits per heavy atom. The first-order valence-electron chi connectivity index (χ1n) is 14.3. The summed E-state index contributed by atoms with van der Waals surface area (Å²) in [7, 11) is 0. The molecule has 0 aliphatic carbocycles. The van der Waals surface area contributed by atoms with Gasteiger partial charge in [-0.05, 0) is 80.4 Å². The molecular weight excluding hydrogens is 486 g/mol. The van der Waals surface area contributed by atoms with Crippen LogP contribution in [-0.2, 0) is 24.5 Å². The highest BCUT2D eigenvalue weighted by Crippen LogP contribution is 2.34. The molecule has 0 saturated carbocycles. The molecule has 2 saturated heterocycles. The summed E-state index contributed by atoms with van der Waals surface area (Å²) in [6.45, 7) is 6.94. The molecule has 3 aromatic carbocycles. The van der Waals surface area contributed by atoms with Gasteiger partial charge in [0.15, 0.2) is 0 Å². The van der Waals surface area contributed by atoms with Crippen LogP contribution in [0.1, 0.15) is 69.8 Å². The smallest absolute Gasteiger partial charge is 0.255 e. The largest absolute Gasteiger partial charge is 0.489 e. The number of ether oxygens (including phenoxy) is 1. The Labute approximate surface area is 231 Å². The van der Waals surface area contributed by atoms with E-state index in [1.165, 1.54) is 29.5 Å². The molecule has 1 atom stereocenters. The third-order valence-electron chi connectivity index (χ3n) is 8.51. The van der Waals surface area contributed by atoms with E-state index in [1.54, 1.807) is 4.90 Å². The van der Waals surface area contributed by atoms with Crippen LogP contribution in [0.2, 0.25) is 0 Å². The average Bonchev–Trinajstić information content (AvgIpc) is 3.30. The lowest BCUT2D eigenvalue weighted by Crippen LogP contribution is -2.50. The van der Waals surface area contributed by atoms with E-state index in [-0.39, 0.29) is 11.8 Å². The molecule has 0 aromatic heterocycles. The molecule has 0 radical (unpaired) electrons. The summed E-state index contributed by atoms with van der Waals surface area (Å²) in [5.74, 6) is 1.26. The number of carbonyl (C=O) groups excluding carboxylic acids is 2. The maximum Gasteiger partial charge on any atom is 0.255 e. The molecule has 6 heteroatoms. The van der Waals surface area contributed by atoms with E-state index in [4.69, 9.17) is 4.74 Å². The molecule has 1 unspecified atom stereocenters. The average molecular weight is 524 g/mol. The molecule has 6 nitrogen and oxygen atoms in total. The molecular formula is C33H37N3O3. The Kier molecular flexibility index (Phi) is 7.38. The van der Waals surface area contributed by atoms with Crippen LogP contribution in [0.15, 0.2) is 66.7 Å². The normalized spacial score (nSPS) is 20.1. The Balaban J connectivity index is 1.03. The van der Waals surface area contributed by atoms with Crippen molar-refractivity contribution < 1.29 is 14.3 Å². The van der Waals surface area contributed by atoms with Crippen molar-refractivity contribution in [2.45, 2.75) is 64.3 Å². The van der Waals surface area contributed by atoms with Crippen LogP contribution in [0.3, 0.4) is 0 Å². The number of hydrogen-bond acceptors (Lipinski definition) is 4. The lowest BCUT2D eigenvalue weighted by molar-refractivity contribution is -0.127. The van der Waals surface area contributed by atoms with Crippen molar-refractivity contribution in [2.24, 2.45) is 0 Å². The molecule has 0 bridgehead atoms. The number of amides is 2. The zero-order valence-corrected chi connectivity index (χ0v) is 22.7. The van der Waals surface area contributed by atoms with Crippen molar-refractivity contribution in [3.05, 3.63) is 100 Å². The van der Waals surface area contributed by atoms with E-state index in [2.05, 4.69) is 65.7 Å². The van der Waals surface area contributed by atoms with Gasteiger partial charge >= 0.3 is 0 Å². The Morgan fingerprint density at radius 1 is 0.923 bits per heavy atom. The summed E-state index contributed by atoms with van der Waals surface area (Å²) in [5.41, 5.74) is 6.78. The number of rotatable bonds is 7. The van der Waals surface area contributed by atoms with Crippen LogP contribution in [0.25, 0.3) is 0 Å². The van der Waals surface area contributed by atoms with Gasteiger partial charge in [-0.25, -0.2) is 0 Å². The van der Waals surface area contributed by atoms with Gasteiger partial charge in [-0.2, -0.15) is 0 Å². The number of benzene rings is 3. The number of hydrogen-bond donors (Lipinski definition) is 1. The van der Waals surface area contributed by atoms with Gasteiger partial charge < -0.3 is 15.0 Å². The van der Waals surface area contributed by atoms with E-state index in [0.717, 1.165) is 42.9 Å². The number of nitrogens with one attached hydrogen (secondary N) is 1. The van der Waals surface area contributed by atoms with Crippen LogP contribution in [-0.4, -0.2) is 47.3 Å². The van der Waals surface area contributed by atoms with E-state index in [1.807, 2.05) is 18.2 Å². The van der Waals surface area contributed by atoms with Crippen molar-refractivity contribution in [1.82, 2.24) is 15.1 Å². The number of carbonyl (C=O) groups is 2. The van der Waals surface area contributed by atoms with Crippen LogP contribution < -0.4 is 10.1 Å². The third kappa shape index (κ3) is 5.57. The van der Waals surface area contributed by atoms with Crippen molar-refractivity contribution >= 4 is 11.8 Å². The summed E-state index contributed by atoms with van der Waals surface area (Å²) < 4.78 is 6.21. The standard InChI is InChI=1S/C33H37N3O3/c1-23-5-2-6-27(19-23)26-14-17-35(18-15-26)20-24-10-12-25(13-11-24)22-39-31-9-3-7-28-29(31)21-36(33(28)38)30-8-4-16-34-32(30)37/h2-3,5-7,9-13,19,26,30H,4,8,14-18,20-22H2,1H3,(H,34,37). The first-order valence-corrected chi connectivity index (χ1v) is 14.3.